The van der Waals surface area contributed by atoms with Gasteiger partial charge in [0, 0.05) is 17.2 Å². The molecule has 0 unspecified atom stereocenters. The van der Waals surface area contributed by atoms with Crippen LogP contribution in [0.4, 0.5) is 4.39 Å². The van der Waals surface area contributed by atoms with E-state index in [-0.39, 0.29) is 18.1 Å². The van der Waals surface area contributed by atoms with E-state index >= 15 is 0 Å². The zero-order valence-corrected chi connectivity index (χ0v) is 23.1. The summed E-state index contributed by atoms with van der Waals surface area (Å²) < 4.78 is 26.4. The Morgan fingerprint density at radius 3 is 2.81 bits per heavy atom. The average Bonchev–Trinajstić information content (AvgIpc) is 3.65. The van der Waals surface area contributed by atoms with Crippen LogP contribution in [0.2, 0.25) is 0 Å². The van der Waals surface area contributed by atoms with Crippen molar-refractivity contribution in [2.45, 2.75) is 32.5 Å². The minimum atomic E-state index is -0.509. The lowest BCUT2D eigenvalue weighted by Gasteiger charge is -2.31. The van der Waals surface area contributed by atoms with Crippen LogP contribution in [-0.2, 0) is 29.3 Å². The maximum absolute atomic E-state index is 14.0. The highest BCUT2D eigenvalue weighted by atomic mass is 19.1. The summed E-state index contributed by atoms with van der Waals surface area (Å²) in [7, 11) is 1.36. The third-order valence-corrected chi connectivity index (χ3v) is 7.25. The average molecular weight is 572 g/mol. The second kappa shape index (κ2) is 13.1. The molecule has 2 N–H and O–H groups in total. The summed E-state index contributed by atoms with van der Waals surface area (Å²) in [5, 5.41) is 12.7. The van der Waals surface area contributed by atoms with E-state index in [0.717, 1.165) is 42.8 Å². The van der Waals surface area contributed by atoms with Gasteiger partial charge in [-0.1, -0.05) is 11.2 Å². The van der Waals surface area contributed by atoms with Crippen LogP contribution in [0.5, 0.6) is 0 Å². The van der Waals surface area contributed by atoms with Crippen LogP contribution in [0.1, 0.15) is 46.0 Å². The van der Waals surface area contributed by atoms with Crippen molar-refractivity contribution in [1.29, 1.82) is 5.26 Å². The first-order chi connectivity index (χ1) is 20.4. The molecule has 0 radical (unpaired) electrons. The number of piperidine rings is 1. The molecule has 216 valence electrons. The zero-order valence-electron chi connectivity index (χ0n) is 23.1. The Morgan fingerprint density at radius 1 is 1.26 bits per heavy atom. The Labute approximate surface area is 241 Å². The lowest BCUT2D eigenvalue weighted by atomic mass is 9.93. The summed E-state index contributed by atoms with van der Waals surface area (Å²) in [5.74, 6) is 0.660. The van der Waals surface area contributed by atoms with Gasteiger partial charge >= 0.3 is 5.97 Å². The molecular formula is C30H30FN7O4. The normalized spacial score (nSPS) is 14.8. The number of imidazole rings is 1. The molecule has 0 atom stereocenters. The number of methoxy groups -OCH3 is 1. The predicted octanol–water partition coefficient (Wildman–Crippen LogP) is 4.13. The number of benzene rings is 2. The van der Waals surface area contributed by atoms with Crippen molar-refractivity contribution in [3.63, 3.8) is 0 Å². The number of oxime groups is 1. The lowest BCUT2D eigenvalue weighted by molar-refractivity contribution is 0.0601. The Bertz CT molecular complexity index is 1650. The number of likely N-dealkylation sites (tertiary alicyclic amines) is 1. The standard InChI is InChI=1S/C30H30FN7O4/c1-40-30(39)22-4-5-26-27(15-22)38(18-29-34-10-13-41-29)28(36-26)17-37-11-7-21(8-12-37)25(33)6-9-35-42-19-23-3-2-20(16-32)14-24(23)31/h2-6,9-10,13-15,21H,7-8,11-12,17-19,33H2,1H3/b25-6-,35-9+. The molecule has 1 aliphatic rings. The molecule has 0 amide bonds. The van der Waals surface area contributed by atoms with E-state index in [9.17, 15) is 9.18 Å². The van der Waals surface area contributed by atoms with E-state index in [4.69, 9.17) is 30.0 Å². The number of fused-ring (bicyclic) bond motifs is 1. The van der Waals surface area contributed by atoms with Crippen LogP contribution >= 0.6 is 0 Å². The van der Waals surface area contributed by atoms with Gasteiger partial charge in [0.15, 0.2) is 0 Å². The number of ether oxygens (including phenoxy) is 1. The first-order valence-corrected chi connectivity index (χ1v) is 13.4. The molecule has 12 heteroatoms. The number of halogens is 1. The maximum atomic E-state index is 14.0. The van der Waals surface area contributed by atoms with E-state index in [2.05, 4.69) is 15.0 Å². The number of hydrogen-bond donors (Lipinski definition) is 1. The molecule has 2 aromatic carbocycles. The molecule has 4 aromatic rings. The topological polar surface area (TPSA) is 145 Å². The fourth-order valence-corrected chi connectivity index (χ4v) is 4.94. The van der Waals surface area contributed by atoms with Gasteiger partial charge in [0.05, 0.1) is 54.3 Å². The number of carbonyl (C=O) groups is 1. The van der Waals surface area contributed by atoms with Gasteiger partial charge in [-0.2, -0.15) is 5.26 Å². The molecule has 1 aliphatic heterocycles. The first kappa shape index (κ1) is 28.5. The van der Waals surface area contributed by atoms with E-state index < -0.39 is 11.8 Å². The van der Waals surface area contributed by atoms with Crippen LogP contribution < -0.4 is 5.73 Å². The van der Waals surface area contributed by atoms with Crippen LogP contribution in [0.15, 0.2) is 70.2 Å². The van der Waals surface area contributed by atoms with Crippen LogP contribution in [-0.4, -0.2) is 51.8 Å². The molecule has 2 aromatic heterocycles. The fraction of sp³-hybridized carbons (Fsp3) is 0.300. The second-order valence-corrected chi connectivity index (χ2v) is 9.90. The zero-order chi connectivity index (χ0) is 29.5. The van der Waals surface area contributed by atoms with Gasteiger partial charge in [0.25, 0.3) is 0 Å². The largest absolute Gasteiger partial charge is 0.465 e. The molecule has 0 aliphatic carbocycles. The molecule has 1 fully saturated rings. The summed E-state index contributed by atoms with van der Waals surface area (Å²) in [6, 6.07) is 11.4. The van der Waals surface area contributed by atoms with Crippen molar-refractivity contribution in [1.82, 2.24) is 19.4 Å². The van der Waals surface area contributed by atoms with Crippen molar-refractivity contribution in [2.24, 2.45) is 16.8 Å². The number of allylic oxidation sites excluding steroid dienone is 2. The fourth-order valence-electron chi connectivity index (χ4n) is 4.94. The van der Waals surface area contributed by atoms with Gasteiger partial charge in [-0.05, 0) is 62.3 Å². The Morgan fingerprint density at radius 2 is 2.10 bits per heavy atom. The number of oxazole rings is 1. The van der Waals surface area contributed by atoms with Gasteiger partial charge < -0.3 is 24.3 Å². The van der Waals surface area contributed by atoms with Gasteiger partial charge in [0.1, 0.15) is 31.1 Å². The van der Waals surface area contributed by atoms with Gasteiger partial charge in [0.2, 0.25) is 5.89 Å². The Hall–Kier alpha value is -5.02. The summed E-state index contributed by atoms with van der Waals surface area (Å²) in [6.45, 7) is 2.58. The molecule has 3 heterocycles. The summed E-state index contributed by atoms with van der Waals surface area (Å²) in [4.78, 5) is 28.8. The number of rotatable bonds is 10. The number of carbonyl (C=O) groups excluding carboxylic acids is 1. The number of nitriles is 1. The third-order valence-electron chi connectivity index (χ3n) is 7.25. The third kappa shape index (κ3) is 6.64. The first-order valence-electron chi connectivity index (χ1n) is 13.4. The summed E-state index contributed by atoms with van der Waals surface area (Å²) >= 11 is 0. The molecule has 42 heavy (non-hydrogen) atoms. The molecule has 1 saturated heterocycles. The van der Waals surface area contributed by atoms with Crippen molar-refractivity contribution >= 4 is 23.2 Å². The van der Waals surface area contributed by atoms with Gasteiger partial charge in [-0.25, -0.2) is 19.2 Å². The van der Waals surface area contributed by atoms with Crippen LogP contribution in [0.3, 0.4) is 0 Å². The second-order valence-electron chi connectivity index (χ2n) is 9.90. The smallest absolute Gasteiger partial charge is 0.337 e. The van der Waals surface area contributed by atoms with E-state index in [1.165, 1.54) is 37.8 Å². The molecule has 5 rings (SSSR count). The Kier molecular flexibility index (Phi) is 8.89. The minimum absolute atomic E-state index is 0.0507. The minimum Gasteiger partial charge on any atom is -0.465 e. The highest BCUT2D eigenvalue weighted by molar-refractivity contribution is 5.93. The number of nitrogens with zero attached hydrogens (tertiary/aromatic N) is 6. The monoisotopic (exact) mass is 571 g/mol. The predicted molar refractivity (Wildman–Crippen MR) is 151 cm³/mol. The summed E-state index contributed by atoms with van der Waals surface area (Å²) in [5.41, 5.74) is 9.62. The SMILES string of the molecule is COC(=O)c1ccc2nc(CN3CCC(/C(N)=C/C=N/OCc4ccc(C#N)cc4F)CC3)n(Cc3ncco3)c2c1. The number of esters is 1. The molecule has 0 bridgehead atoms. The van der Waals surface area contributed by atoms with Gasteiger partial charge in [-0.15, -0.1) is 0 Å². The molecule has 0 spiro atoms. The van der Waals surface area contributed by atoms with E-state index in [1.807, 2.05) is 16.7 Å². The van der Waals surface area contributed by atoms with Crippen molar-refractivity contribution in [2.75, 3.05) is 20.2 Å². The lowest BCUT2D eigenvalue weighted by Crippen LogP contribution is -2.35. The molecule has 11 nitrogen and oxygen atoms in total. The van der Waals surface area contributed by atoms with E-state index in [1.54, 1.807) is 24.4 Å². The number of aromatic nitrogens is 3. The Balaban J connectivity index is 1.19. The quantitative estimate of drug-likeness (QED) is 0.169. The van der Waals surface area contributed by atoms with Crippen molar-refractivity contribution < 1.29 is 23.2 Å². The van der Waals surface area contributed by atoms with Gasteiger partial charge in [-0.3, -0.25) is 4.90 Å². The van der Waals surface area contributed by atoms with Crippen molar-refractivity contribution in [3.8, 4) is 6.07 Å². The highest BCUT2D eigenvalue weighted by Crippen LogP contribution is 2.25. The maximum Gasteiger partial charge on any atom is 0.337 e. The molecular weight excluding hydrogens is 541 g/mol. The van der Waals surface area contributed by atoms with Crippen LogP contribution in [0.25, 0.3) is 11.0 Å². The van der Waals surface area contributed by atoms with Crippen LogP contribution in [0, 0.1) is 23.1 Å². The highest BCUT2D eigenvalue weighted by Gasteiger charge is 2.23. The van der Waals surface area contributed by atoms with Crippen molar-refractivity contribution in [3.05, 3.63) is 94.9 Å². The number of nitrogens with two attached hydrogens (primary N) is 1. The molecule has 0 saturated carbocycles. The number of hydrogen-bond acceptors (Lipinski definition) is 10. The van der Waals surface area contributed by atoms with E-state index in [0.29, 0.717) is 35.8 Å². The summed E-state index contributed by atoms with van der Waals surface area (Å²) in [6.07, 6.45) is 8.03.